The molecular formula is C6H6F3N3O. The quantitative estimate of drug-likeness (QED) is 0.725. The topological polar surface area (TPSA) is 50.7 Å². The Kier molecular flexibility index (Phi) is 2.26. The fraction of sp³-hybridized carbons (Fsp3) is 0.333. The molecule has 0 amide bonds. The van der Waals surface area contributed by atoms with Crippen molar-refractivity contribution in [2.75, 3.05) is 0 Å². The maximum Gasteiger partial charge on any atom is 0.452 e. The van der Waals surface area contributed by atoms with Crippen LogP contribution in [0.25, 0.3) is 6.20 Å². The number of nitrogens with one attached hydrogen (secondary N) is 1. The second-order valence-corrected chi connectivity index (χ2v) is 2.20. The lowest BCUT2D eigenvalue weighted by molar-refractivity contribution is -0.146. The summed E-state index contributed by atoms with van der Waals surface area (Å²) in [4.78, 5) is 10.8. The number of halogens is 3. The van der Waals surface area contributed by atoms with Crippen LogP contribution in [0.1, 0.15) is 12.7 Å². The van der Waals surface area contributed by atoms with Crippen molar-refractivity contribution in [1.29, 1.82) is 0 Å². The third-order valence-corrected chi connectivity index (χ3v) is 1.26. The maximum atomic E-state index is 12.1. The minimum atomic E-state index is -4.63. The Labute approximate surface area is 70.7 Å². The lowest BCUT2D eigenvalue weighted by atomic mass is 10.5. The molecule has 0 spiro atoms. The van der Waals surface area contributed by atoms with Crippen molar-refractivity contribution in [3.05, 3.63) is 22.4 Å². The van der Waals surface area contributed by atoms with Crippen molar-refractivity contribution in [3.63, 3.8) is 0 Å². The van der Waals surface area contributed by atoms with Gasteiger partial charge in [0.1, 0.15) is 0 Å². The molecule has 7 heteroatoms. The Hall–Kier alpha value is -1.53. The second kappa shape index (κ2) is 3.08. The van der Waals surface area contributed by atoms with Gasteiger partial charge in [-0.15, -0.1) is 5.10 Å². The van der Waals surface area contributed by atoms with Crippen LogP contribution >= 0.6 is 0 Å². The van der Waals surface area contributed by atoms with Crippen molar-refractivity contribution in [1.82, 2.24) is 14.8 Å². The number of hydrogen-bond donors (Lipinski definition) is 1. The molecule has 0 atom stereocenters. The van der Waals surface area contributed by atoms with Gasteiger partial charge in [0.05, 0.1) is 0 Å². The van der Waals surface area contributed by atoms with Gasteiger partial charge in [-0.05, 0) is 6.92 Å². The molecule has 1 rings (SSSR count). The van der Waals surface area contributed by atoms with E-state index in [4.69, 9.17) is 0 Å². The first-order valence-corrected chi connectivity index (χ1v) is 3.33. The van der Waals surface area contributed by atoms with E-state index in [2.05, 4.69) is 5.10 Å². The van der Waals surface area contributed by atoms with Gasteiger partial charge in [0, 0.05) is 6.20 Å². The summed E-state index contributed by atoms with van der Waals surface area (Å²) in [6.07, 6.45) is -2.32. The number of aromatic amines is 1. The van der Waals surface area contributed by atoms with Crippen LogP contribution < -0.4 is 5.69 Å². The number of nitrogens with zero attached hydrogens (tertiary/aromatic N) is 2. The molecule has 0 aliphatic heterocycles. The summed E-state index contributed by atoms with van der Waals surface area (Å²) in [7, 11) is 0. The highest BCUT2D eigenvalue weighted by molar-refractivity contribution is 5.23. The summed E-state index contributed by atoms with van der Waals surface area (Å²) in [6.45, 7) is 1.50. The Bertz CT molecular complexity index is 373. The van der Waals surface area contributed by atoms with Crippen LogP contribution in [0, 0.1) is 0 Å². The monoisotopic (exact) mass is 193 g/mol. The van der Waals surface area contributed by atoms with E-state index in [0.717, 1.165) is 6.20 Å². The fourth-order valence-corrected chi connectivity index (χ4v) is 0.792. The van der Waals surface area contributed by atoms with Crippen LogP contribution in [0.4, 0.5) is 13.2 Å². The second-order valence-electron chi connectivity index (χ2n) is 2.20. The highest BCUT2D eigenvalue weighted by Crippen LogP contribution is 2.26. The minimum absolute atomic E-state index is 0.403. The highest BCUT2D eigenvalue weighted by Gasteiger charge is 2.37. The summed E-state index contributed by atoms with van der Waals surface area (Å²) in [5.74, 6) is -1.25. The molecule has 1 N–H and O–H groups in total. The predicted octanol–water partition coefficient (Wildman–Crippen LogP) is 1.08. The highest BCUT2D eigenvalue weighted by atomic mass is 19.4. The predicted molar refractivity (Wildman–Crippen MR) is 38.9 cm³/mol. The van der Waals surface area contributed by atoms with E-state index in [1.54, 1.807) is 5.10 Å². The summed E-state index contributed by atoms with van der Waals surface area (Å²) in [5, 5.41) is 4.57. The first kappa shape index (κ1) is 9.56. The van der Waals surface area contributed by atoms with Crippen molar-refractivity contribution >= 4 is 6.20 Å². The van der Waals surface area contributed by atoms with E-state index < -0.39 is 17.7 Å². The van der Waals surface area contributed by atoms with Gasteiger partial charge in [-0.1, -0.05) is 6.08 Å². The zero-order valence-electron chi connectivity index (χ0n) is 6.59. The van der Waals surface area contributed by atoms with Gasteiger partial charge in [0.2, 0.25) is 5.82 Å². The van der Waals surface area contributed by atoms with Gasteiger partial charge in [-0.3, -0.25) is 0 Å². The Balaban J connectivity index is 3.31. The number of alkyl halides is 3. The smallest absolute Gasteiger partial charge is 0.247 e. The molecule has 1 aromatic heterocycles. The van der Waals surface area contributed by atoms with E-state index in [1.165, 1.54) is 13.0 Å². The van der Waals surface area contributed by atoms with Gasteiger partial charge in [0.25, 0.3) is 0 Å². The molecule has 0 saturated heterocycles. The van der Waals surface area contributed by atoms with Crippen LogP contribution in [-0.4, -0.2) is 14.8 Å². The molecule has 1 aromatic rings. The van der Waals surface area contributed by atoms with Crippen LogP contribution in [0.3, 0.4) is 0 Å². The molecule has 0 unspecified atom stereocenters. The zero-order valence-corrected chi connectivity index (χ0v) is 6.59. The summed E-state index contributed by atoms with van der Waals surface area (Å²) >= 11 is 0. The largest absolute Gasteiger partial charge is 0.452 e. The Morgan fingerprint density at radius 3 is 2.62 bits per heavy atom. The van der Waals surface area contributed by atoms with Crippen molar-refractivity contribution < 1.29 is 13.2 Å². The van der Waals surface area contributed by atoms with Crippen LogP contribution in [0.5, 0.6) is 0 Å². The van der Waals surface area contributed by atoms with E-state index in [1.807, 2.05) is 0 Å². The van der Waals surface area contributed by atoms with Gasteiger partial charge < -0.3 is 0 Å². The van der Waals surface area contributed by atoms with Crippen LogP contribution in [0.2, 0.25) is 0 Å². The van der Waals surface area contributed by atoms with Crippen molar-refractivity contribution in [2.45, 2.75) is 13.1 Å². The van der Waals surface area contributed by atoms with Gasteiger partial charge in [0.15, 0.2) is 0 Å². The third-order valence-electron chi connectivity index (χ3n) is 1.26. The number of allylic oxidation sites excluding steroid dienone is 1. The van der Waals surface area contributed by atoms with Crippen LogP contribution in [-0.2, 0) is 6.18 Å². The van der Waals surface area contributed by atoms with E-state index >= 15 is 0 Å². The molecule has 13 heavy (non-hydrogen) atoms. The van der Waals surface area contributed by atoms with Gasteiger partial charge in [-0.2, -0.15) is 13.2 Å². The van der Waals surface area contributed by atoms with E-state index in [-0.39, 0.29) is 0 Å². The van der Waals surface area contributed by atoms with E-state index in [9.17, 15) is 18.0 Å². The lowest BCUT2D eigenvalue weighted by Gasteiger charge is -2.03. The third kappa shape index (κ3) is 1.79. The first-order valence-electron chi connectivity index (χ1n) is 3.33. The SMILES string of the molecule is C/C=C/n1c(C(F)(F)F)n[nH]c1=O. The first-order chi connectivity index (χ1) is 5.96. The minimum Gasteiger partial charge on any atom is -0.247 e. The molecule has 0 saturated carbocycles. The Morgan fingerprint density at radius 1 is 1.54 bits per heavy atom. The summed E-state index contributed by atoms with van der Waals surface area (Å²) < 4.78 is 36.7. The molecular weight excluding hydrogens is 187 g/mol. The summed E-state index contributed by atoms with van der Waals surface area (Å²) in [5.41, 5.74) is -0.912. The van der Waals surface area contributed by atoms with Crippen molar-refractivity contribution in [2.24, 2.45) is 0 Å². The molecule has 4 nitrogen and oxygen atoms in total. The standard InChI is InChI=1S/C6H6F3N3O/c1-2-3-12-4(6(7,8)9)10-11-5(12)13/h2-3H,1H3,(H,11,13)/b3-2+. The normalized spacial score (nSPS) is 12.6. The zero-order chi connectivity index (χ0) is 10.1. The molecule has 0 aromatic carbocycles. The molecule has 0 aliphatic rings. The average molecular weight is 193 g/mol. The van der Waals surface area contributed by atoms with Crippen LogP contribution in [0.15, 0.2) is 10.9 Å². The fourth-order valence-electron chi connectivity index (χ4n) is 0.792. The molecule has 0 fully saturated rings. The summed E-state index contributed by atoms with van der Waals surface area (Å²) in [6, 6.07) is 0. The molecule has 0 bridgehead atoms. The number of aromatic nitrogens is 3. The average Bonchev–Trinajstić information content (AvgIpc) is 2.32. The van der Waals surface area contributed by atoms with E-state index in [0.29, 0.717) is 4.57 Å². The number of hydrogen-bond acceptors (Lipinski definition) is 2. The van der Waals surface area contributed by atoms with Gasteiger partial charge in [-0.25, -0.2) is 14.5 Å². The Morgan fingerprint density at radius 2 is 2.15 bits per heavy atom. The lowest BCUT2D eigenvalue weighted by Crippen LogP contribution is -2.18. The van der Waals surface area contributed by atoms with Crippen molar-refractivity contribution in [3.8, 4) is 0 Å². The number of rotatable bonds is 1. The molecule has 72 valence electrons. The number of H-pyrrole nitrogens is 1. The van der Waals surface area contributed by atoms with Gasteiger partial charge >= 0.3 is 11.9 Å². The molecule has 0 radical (unpaired) electrons. The molecule has 0 aliphatic carbocycles. The maximum absolute atomic E-state index is 12.1. The molecule has 1 heterocycles.